The lowest BCUT2D eigenvalue weighted by Gasteiger charge is -2.16. The third-order valence-corrected chi connectivity index (χ3v) is 4.67. The number of esters is 1. The molecule has 4 N–H and O–H groups in total. The fourth-order valence-corrected chi connectivity index (χ4v) is 3.29. The molecule has 9 nitrogen and oxygen atoms in total. The summed E-state index contributed by atoms with van der Waals surface area (Å²) in [6, 6.07) is 12.6. The number of aromatic nitrogens is 3. The molecular formula is C22H24N4O5. The number of nitrogens with two attached hydrogens (primary N) is 1. The number of benzene rings is 1. The van der Waals surface area contributed by atoms with Gasteiger partial charge in [-0.2, -0.15) is 0 Å². The van der Waals surface area contributed by atoms with Gasteiger partial charge in [-0.3, -0.25) is 24.5 Å². The number of pyridine rings is 1. The lowest BCUT2D eigenvalue weighted by Crippen LogP contribution is -2.21. The third-order valence-electron chi connectivity index (χ3n) is 4.67. The summed E-state index contributed by atoms with van der Waals surface area (Å²) in [6.07, 6.45) is 1.48. The Kier molecular flexibility index (Phi) is 7.21. The predicted molar refractivity (Wildman–Crippen MR) is 112 cm³/mol. The van der Waals surface area contributed by atoms with Crippen molar-refractivity contribution in [2.45, 2.75) is 32.3 Å². The van der Waals surface area contributed by atoms with E-state index in [-0.39, 0.29) is 25.0 Å². The molecule has 0 saturated heterocycles. The number of carbonyl (C=O) groups excluding carboxylic acids is 2. The minimum Gasteiger partial charge on any atom is -0.487 e. The van der Waals surface area contributed by atoms with Crippen LogP contribution in [0.3, 0.4) is 0 Å². The second kappa shape index (κ2) is 10.2. The van der Waals surface area contributed by atoms with Gasteiger partial charge in [0.2, 0.25) is 5.91 Å². The number of rotatable bonds is 10. The van der Waals surface area contributed by atoms with Crippen molar-refractivity contribution >= 4 is 11.9 Å². The summed E-state index contributed by atoms with van der Waals surface area (Å²) in [7, 11) is 0. The minimum atomic E-state index is -0.623. The molecule has 1 atom stereocenters. The predicted octanol–water partition coefficient (Wildman–Crippen LogP) is 1.79. The van der Waals surface area contributed by atoms with Crippen LogP contribution in [0.25, 0.3) is 0 Å². The first kappa shape index (κ1) is 21.8. The van der Waals surface area contributed by atoms with E-state index in [1.54, 1.807) is 37.4 Å². The van der Waals surface area contributed by atoms with E-state index in [4.69, 9.17) is 15.2 Å². The fraction of sp³-hybridized carbons (Fsp3) is 0.273. The molecule has 0 radical (unpaired) electrons. The van der Waals surface area contributed by atoms with Crippen LogP contribution in [0.1, 0.15) is 41.8 Å². The van der Waals surface area contributed by atoms with Crippen LogP contribution < -0.4 is 16.0 Å². The molecule has 162 valence electrons. The van der Waals surface area contributed by atoms with E-state index in [0.717, 1.165) is 5.69 Å². The summed E-state index contributed by atoms with van der Waals surface area (Å²) in [5.41, 5.74) is 7.17. The molecule has 0 aliphatic rings. The van der Waals surface area contributed by atoms with E-state index >= 15 is 0 Å². The van der Waals surface area contributed by atoms with Crippen molar-refractivity contribution in [1.82, 2.24) is 15.2 Å². The second-order valence-corrected chi connectivity index (χ2v) is 6.85. The highest BCUT2D eigenvalue weighted by Gasteiger charge is 2.26. The van der Waals surface area contributed by atoms with Crippen LogP contribution in [0.5, 0.6) is 5.75 Å². The zero-order valence-corrected chi connectivity index (χ0v) is 17.1. The highest BCUT2D eigenvalue weighted by molar-refractivity contribution is 5.76. The normalized spacial score (nSPS) is 11.6. The molecule has 3 aromatic rings. The molecule has 2 heterocycles. The van der Waals surface area contributed by atoms with Crippen LogP contribution in [0.15, 0.2) is 53.5 Å². The van der Waals surface area contributed by atoms with Gasteiger partial charge in [-0.25, -0.2) is 0 Å². The molecule has 0 spiro atoms. The smallest absolute Gasteiger partial charge is 0.311 e. The number of aromatic amines is 2. The van der Waals surface area contributed by atoms with E-state index in [1.165, 1.54) is 0 Å². The van der Waals surface area contributed by atoms with E-state index in [1.807, 2.05) is 18.2 Å². The van der Waals surface area contributed by atoms with Crippen molar-refractivity contribution in [3.63, 3.8) is 0 Å². The molecule has 0 aliphatic heterocycles. The Morgan fingerprint density at radius 2 is 1.90 bits per heavy atom. The molecule has 0 aliphatic carbocycles. The van der Waals surface area contributed by atoms with Crippen LogP contribution in [0.4, 0.5) is 0 Å². The maximum Gasteiger partial charge on any atom is 0.311 e. The zero-order chi connectivity index (χ0) is 22.2. The lowest BCUT2D eigenvalue weighted by molar-refractivity contribution is -0.142. The molecule has 0 bridgehead atoms. The van der Waals surface area contributed by atoms with Crippen LogP contribution in [-0.4, -0.2) is 33.7 Å². The van der Waals surface area contributed by atoms with Crippen molar-refractivity contribution in [2.75, 3.05) is 6.61 Å². The number of nitrogens with zero attached hydrogens (tertiary/aromatic N) is 1. The van der Waals surface area contributed by atoms with Gasteiger partial charge in [0.1, 0.15) is 12.4 Å². The zero-order valence-electron chi connectivity index (χ0n) is 17.1. The SMILES string of the molecule is CCOC(=O)Cc1[nH][nH]c(=O)c1[C@H](CC(N)=O)c1ccc(OCc2ccccn2)cc1. The van der Waals surface area contributed by atoms with Gasteiger partial charge >= 0.3 is 5.97 Å². The van der Waals surface area contributed by atoms with E-state index < -0.39 is 23.4 Å². The largest absolute Gasteiger partial charge is 0.487 e. The quantitative estimate of drug-likeness (QED) is 0.424. The number of ether oxygens (including phenoxy) is 2. The molecule has 1 amide bonds. The Bertz CT molecular complexity index is 1070. The molecule has 31 heavy (non-hydrogen) atoms. The first-order valence-corrected chi connectivity index (χ1v) is 9.84. The minimum absolute atomic E-state index is 0.0924. The van der Waals surface area contributed by atoms with Gasteiger partial charge in [-0.05, 0) is 36.8 Å². The summed E-state index contributed by atoms with van der Waals surface area (Å²) in [5.74, 6) is -1.05. The number of hydrogen-bond donors (Lipinski definition) is 3. The van der Waals surface area contributed by atoms with Crippen LogP contribution in [-0.2, 0) is 27.4 Å². The van der Waals surface area contributed by atoms with Gasteiger partial charge in [0.15, 0.2) is 0 Å². The molecule has 3 rings (SSSR count). The molecule has 1 aromatic carbocycles. The van der Waals surface area contributed by atoms with Crippen molar-refractivity contribution in [3.05, 3.63) is 81.5 Å². The number of amides is 1. The lowest BCUT2D eigenvalue weighted by atomic mass is 9.87. The van der Waals surface area contributed by atoms with Crippen molar-refractivity contribution < 1.29 is 19.1 Å². The molecular weight excluding hydrogens is 400 g/mol. The third kappa shape index (κ3) is 5.81. The fourth-order valence-electron chi connectivity index (χ4n) is 3.29. The average Bonchev–Trinajstić information content (AvgIpc) is 3.11. The highest BCUT2D eigenvalue weighted by Crippen LogP contribution is 2.29. The summed E-state index contributed by atoms with van der Waals surface area (Å²) in [4.78, 5) is 40.3. The standard InChI is InChI=1S/C22H24N4O5/c1-2-30-20(28)12-18-21(22(29)26-25-18)17(11-19(23)27)14-6-8-16(9-7-14)31-13-15-5-3-4-10-24-15/h3-10,17H,2,11-13H2,1H3,(H2,23,27)(H2,25,26,29)/t17-/m1/s1. The van der Waals surface area contributed by atoms with Crippen LogP contribution >= 0.6 is 0 Å². The molecule has 0 unspecified atom stereocenters. The van der Waals surface area contributed by atoms with Crippen molar-refractivity contribution in [1.29, 1.82) is 0 Å². The summed E-state index contributed by atoms with van der Waals surface area (Å²) < 4.78 is 10.7. The Labute approximate surface area is 178 Å². The topological polar surface area (TPSA) is 140 Å². The van der Waals surface area contributed by atoms with E-state index in [0.29, 0.717) is 23.6 Å². The Balaban J connectivity index is 1.83. The Hall–Kier alpha value is -3.88. The van der Waals surface area contributed by atoms with Gasteiger partial charge in [-0.1, -0.05) is 18.2 Å². The van der Waals surface area contributed by atoms with Crippen LogP contribution in [0, 0.1) is 0 Å². The maximum absolute atomic E-state index is 12.5. The molecule has 0 fully saturated rings. The average molecular weight is 424 g/mol. The molecule has 2 aromatic heterocycles. The highest BCUT2D eigenvalue weighted by atomic mass is 16.5. The number of hydrogen-bond acceptors (Lipinski definition) is 6. The first-order chi connectivity index (χ1) is 15.0. The summed E-state index contributed by atoms with van der Waals surface area (Å²) in [6.45, 7) is 2.24. The Morgan fingerprint density at radius 3 is 2.55 bits per heavy atom. The van der Waals surface area contributed by atoms with Gasteiger partial charge in [0, 0.05) is 24.1 Å². The first-order valence-electron chi connectivity index (χ1n) is 9.84. The van der Waals surface area contributed by atoms with Crippen LogP contribution in [0.2, 0.25) is 0 Å². The van der Waals surface area contributed by atoms with Crippen molar-refractivity contribution in [3.8, 4) is 5.75 Å². The van der Waals surface area contributed by atoms with Gasteiger partial charge in [0.05, 0.1) is 24.4 Å². The number of primary amides is 1. The number of H-pyrrole nitrogens is 2. The Morgan fingerprint density at radius 1 is 1.13 bits per heavy atom. The summed E-state index contributed by atoms with van der Waals surface area (Å²) in [5, 5.41) is 5.20. The van der Waals surface area contributed by atoms with Gasteiger partial charge in [-0.15, -0.1) is 0 Å². The molecule has 0 saturated carbocycles. The van der Waals surface area contributed by atoms with E-state index in [2.05, 4.69) is 15.2 Å². The van der Waals surface area contributed by atoms with Crippen molar-refractivity contribution in [2.24, 2.45) is 5.73 Å². The molecule has 9 heteroatoms. The monoisotopic (exact) mass is 424 g/mol. The van der Waals surface area contributed by atoms with Gasteiger partial charge < -0.3 is 20.3 Å². The summed E-state index contributed by atoms with van der Waals surface area (Å²) >= 11 is 0. The second-order valence-electron chi connectivity index (χ2n) is 6.85. The van der Waals surface area contributed by atoms with E-state index in [9.17, 15) is 14.4 Å². The number of carbonyl (C=O) groups is 2. The maximum atomic E-state index is 12.5. The van der Waals surface area contributed by atoms with Gasteiger partial charge in [0.25, 0.3) is 5.56 Å². The number of nitrogens with one attached hydrogen (secondary N) is 2.